The molecule has 0 saturated heterocycles. The van der Waals surface area contributed by atoms with Gasteiger partial charge in [0.25, 0.3) is 0 Å². The van der Waals surface area contributed by atoms with Crippen LogP contribution in [-0.2, 0) is 9.59 Å². The predicted octanol–water partition coefficient (Wildman–Crippen LogP) is 2.44. The highest BCUT2D eigenvalue weighted by atomic mass is 19.4. The maximum absolute atomic E-state index is 12.1. The van der Waals surface area contributed by atoms with Crippen molar-refractivity contribution in [3.63, 3.8) is 0 Å². The van der Waals surface area contributed by atoms with Gasteiger partial charge in [0.2, 0.25) is 11.8 Å². The fourth-order valence-electron chi connectivity index (χ4n) is 2.11. The zero-order chi connectivity index (χ0) is 16.3. The molecule has 2 rings (SSSR count). The van der Waals surface area contributed by atoms with E-state index in [2.05, 4.69) is 15.8 Å². The highest BCUT2D eigenvalue weighted by Gasteiger charge is 2.31. The Morgan fingerprint density at radius 2 is 2.00 bits per heavy atom. The second kappa shape index (κ2) is 6.17. The summed E-state index contributed by atoms with van der Waals surface area (Å²) in [5.74, 6) is -1.33. The van der Waals surface area contributed by atoms with E-state index in [0.29, 0.717) is 12.1 Å². The molecule has 1 unspecified atom stereocenters. The van der Waals surface area contributed by atoms with Crippen LogP contribution in [0.15, 0.2) is 29.4 Å². The van der Waals surface area contributed by atoms with Crippen molar-refractivity contribution in [2.24, 2.45) is 11.0 Å². The molecule has 1 aromatic carbocycles. The van der Waals surface area contributed by atoms with E-state index in [1.807, 2.05) is 6.92 Å². The molecule has 0 radical (unpaired) electrons. The van der Waals surface area contributed by atoms with Gasteiger partial charge in [-0.15, -0.1) is 0 Å². The van der Waals surface area contributed by atoms with E-state index in [-0.39, 0.29) is 17.5 Å². The Labute approximate surface area is 124 Å². The van der Waals surface area contributed by atoms with E-state index >= 15 is 0 Å². The fraction of sp³-hybridized carbons (Fsp3) is 0.357. The van der Waals surface area contributed by atoms with Crippen LogP contribution < -0.4 is 10.7 Å². The molecule has 0 bridgehead atoms. The van der Waals surface area contributed by atoms with Crippen molar-refractivity contribution < 1.29 is 22.8 Å². The molecule has 1 aromatic rings. The summed E-state index contributed by atoms with van der Waals surface area (Å²) < 4.78 is 36.2. The quantitative estimate of drug-likeness (QED) is 0.900. The minimum Gasteiger partial charge on any atom is -0.326 e. The van der Waals surface area contributed by atoms with Gasteiger partial charge in [-0.2, -0.15) is 18.3 Å². The molecule has 0 spiro atoms. The first-order chi connectivity index (χ1) is 10.2. The molecule has 1 aliphatic rings. The maximum atomic E-state index is 12.1. The van der Waals surface area contributed by atoms with E-state index in [1.165, 1.54) is 12.1 Å². The first-order valence-corrected chi connectivity index (χ1v) is 6.58. The SMILES string of the molecule is CC1CC(=O)NN=C1c1ccc(NC(=O)CC(F)(F)F)cc1. The minimum absolute atomic E-state index is 0.0561. The number of nitrogens with zero attached hydrogens (tertiary/aromatic N) is 1. The zero-order valence-corrected chi connectivity index (χ0v) is 11.7. The monoisotopic (exact) mass is 313 g/mol. The largest absolute Gasteiger partial charge is 0.397 e. The summed E-state index contributed by atoms with van der Waals surface area (Å²) in [7, 11) is 0. The van der Waals surface area contributed by atoms with Crippen LogP contribution in [0.1, 0.15) is 25.3 Å². The number of anilines is 1. The van der Waals surface area contributed by atoms with Crippen LogP contribution in [0.4, 0.5) is 18.9 Å². The molecule has 1 atom stereocenters. The molecular formula is C14H14F3N3O2. The lowest BCUT2D eigenvalue weighted by atomic mass is 9.94. The van der Waals surface area contributed by atoms with Crippen molar-refractivity contribution in [3.8, 4) is 0 Å². The second-order valence-corrected chi connectivity index (χ2v) is 5.05. The van der Waals surface area contributed by atoms with Crippen molar-refractivity contribution in [2.75, 3.05) is 5.32 Å². The minimum atomic E-state index is -4.53. The molecule has 0 aliphatic carbocycles. The first kappa shape index (κ1) is 16.0. The smallest absolute Gasteiger partial charge is 0.326 e. The summed E-state index contributed by atoms with van der Waals surface area (Å²) in [6.45, 7) is 1.86. The third kappa shape index (κ3) is 4.31. The van der Waals surface area contributed by atoms with Gasteiger partial charge in [0.05, 0.1) is 5.71 Å². The van der Waals surface area contributed by atoms with Gasteiger partial charge < -0.3 is 5.32 Å². The lowest BCUT2D eigenvalue weighted by molar-refractivity contribution is -0.150. The van der Waals surface area contributed by atoms with Crippen LogP contribution in [0.25, 0.3) is 0 Å². The van der Waals surface area contributed by atoms with Crippen molar-refractivity contribution >= 4 is 23.2 Å². The Bertz CT molecular complexity index is 609. The Morgan fingerprint density at radius 1 is 1.36 bits per heavy atom. The Morgan fingerprint density at radius 3 is 2.55 bits per heavy atom. The fourth-order valence-corrected chi connectivity index (χ4v) is 2.11. The van der Waals surface area contributed by atoms with Crippen molar-refractivity contribution in [2.45, 2.75) is 25.9 Å². The molecule has 2 amide bonds. The second-order valence-electron chi connectivity index (χ2n) is 5.05. The molecule has 0 saturated carbocycles. The van der Waals surface area contributed by atoms with E-state index in [9.17, 15) is 22.8 Å². The number of carbonyl (C=O) groups excluding carboxylic acids is 2. The molecule has 8 heteroatoms. The molecular weight excluding hydrogens is 299 g/mol. The van der Waals surface area contributed by atoms with E-state index < -0.39 is 18.5 Å². The molecule has 0 aromatic heterocycles. The van der Waals surface area contributed by atoms with Gasteiger partial charge in [-0.25, -0.2) is 5.43 Å². The molecule has 5 nitrogen and oxygen atoms in total. The van der Waals surface area contributed by atoms with Gasteiger partial charge in [0.15, 0.2) is 0 Å². The average Bonchev–Trinajstić information content (AvgIpc) is 2.38. The lowest BCUT2D eigenvalue weighted by Gasteiger charge is -2.19. The normalized spacial score (nSPS) is 18.5. The number of hydrazone groups is 1. The standard InChI is InChI=1S/C14H14F3N3O2/c1-8-6-11(21)19-20-13(8)9-2-4-10(5-3-9)18-12(22)7-14(15,16)17/h2-5,8H,6-7H2,1H3,(H,18,22)(H,19,21). The lowest BCUT2D eigenvalue weighted by Crippen LogP contribution is -2.31. The van der Waals surface area contributed by atoms with Gasteiger partial charge in [-0.1, -0.05) is 19.1 Å². The number of nitrogens with one attached hydrogen (secondary N) is 2. The maximum Gasteiger partial charge on any atom is 0.397 e. The first-order valence-electron chi connectivity index (χ1n) is 6.58. The van der Waals surface area contributed by atoms with Crippen LogP contribution in [0.3, 0.4) is 0 Å². The van der Waals surface area contributed by atoms with Gasteiger partial charge >= 0.3 is 6.18 Å². The molecule has 0 fully saturated rings. The summed E-state index contributed by atoms with van der Waals surface area (Å²) in [4.78, 5) is 22.4. The predicted molar refractivity (Wildman–Crippen MR) is 74.2 cm³/mol. The van der Waals surface area contributed by atoms with Crippen molar-refractivity contribution in [1.82, 2.24) is 5.43 Å². The summed E-state index contributed by atoms with van der Waals surface area (Å²) in [5.41, 5.74) is 4.08. The molecule has 1 heterocycles. The van der Waals surface area contributed by atoms with Crippen molar-refractivity contribution in [1.29, 1.82) is 0 Å². The van der Waals surface area contributed by atoms with Gasteiger partial charge in [-0.3, -0.25) is 9.59 Å². The summed E-state index contributed by atoms with van der Waals surface area (Å²) in [5, 5.41) is 6.16. The zero-order valence-electron chi connectivity index (χ0n) is 11.7. The number of hydrogen-bond donors (Lipinski definition) is 2. The van der Waals surface area contributed by atoms with E-state index in [1.54, 1.807) is 12.1 Å². The third-order valence-corrected chi connectivity index (χ3v) is 3.08. The number of benzene rings is 1. The summed E-state index contributed by atoms with van der Waals surface area (Å²) in [6.07, 6.45) is -5.73. The summed E-state index contributed by atoms with van der Waals surface area (Å²) >= 11 is 0. The Balaban J connectivity index is 2.05. The van der Waals surface area contributed by atoms with Crippen LogP contribution >= 0.6 is 0 Å². The van der Waals surface area contributed by atoms with Gasteiger partial charge in [0.1, 0.15) is 6.42 Å². The molecule has 118 valence electrons. The van der Waals surface area contributed by atoms with Crippen LogP contribution in [0, 0.1) is 5.92 Å². The molecule has 22 heavy (non-hydrogen) atoms. The highest BCUT2D eigenvalue weighted by molar-refractivity contribution is 6.06. The summed E-state index contributed by atoms with van der Waals surface area (Å²) in [6, 6.07) is 6.26. The van der Waals surface area contributed by atoms with Crippen LogP contribution in [0.5, 0.6) is 0 Å². The van der Waals surface area contributed by atoms with Gasteiger partial charge in [0, 0.05) is 18.0 Å². The number of hydrogen-bond acceptors (Lipinski definition) is 3. The van der Waals surface area contributed by atoms with E-state index in [0.717, 1.165) is 5.56 Å². The highest BCUT2D eigenvalue weighted by Crippen LogP contribution is 2.21. The topological polar surface area (TPSA) is 70.6 Å². The molecule has 1 aliphatic heterocycles. The Kier molecular flexibility index (Phi) is 4.48. The number of alkyl halides is 3. The number of halogens is 3. The molecule has 2 N–H and O–H groups in total. The average molecular weight is 313 g/mol. The Hall–Kier alpha value is -2.38. The third-order valence-electron chi connectivity index (χ3n) is 3.08. The van der Waals surface area contributed by atoms with Crippen molar-refractivity contribution in [3.05, 3.63) is 29.8 Å². The number of carbonyl (C=O) groups is 2. The van der Waals surface area contributed by atoms with Gasteiger partial charge in [-0.05, 0) is 17.7 Å². The number of rotatable bonds is 3. The van der Waals surface area contributed by atoms with Crippen LogP contribution in [0.2, 0.25) is 0 Å². The van der Waals surface area contributed by atoms with Crippen LogP contribution in [-0.4, -0.2) is 23.7 Å². The van der Waals surface area contributed by atoms with E-state index in [4.69, 9.17) is 0 Å². The number of amides is 2.